The molecule has 1 aromatic heterocycles. The Morgan fingerprint density at radius 3 is 2.35 bits per heavy atom. The second kappa shape index (κ2) is 6.33. The van der Waals surface area contributed by atoms with E-state index in [9.17, 15) is 0 Å². The van der Waals surface area contributed by atoms with Gasteiger partial charge in [-0.1, -0.05) is 0 Å². The first-order valence-corrected chi connectivity index (χ1v) is 7.04. The summed E-state index contributed by atoms with van der Waals surface area (Å²) in [4.78, 5) is 0. The molecule has 0 bridgehead atoms. The summed E-state index contributed by atoms with van der Waals surface area (Å²) < 4.78 is 17.1. The van der Waals surface area contributed by atoms with Gasteiger partial charge in [0.25, 0.3) is 0 Å². The highest BCUT2D eigenvalue weighted by Gasteiger charge is 2.22. The number of benzene rings is 1. The van der Waals surface area contributed by atoms with Crippen molar-refractivity contribution in [2.75, 3.05) is 21.3 Å². The summed E-state index contributed by atoms with van der Waals surface area (Å²) in [5, 5.41) is 3.30. The Bertz CT molecular complexity index is 595. The van der Waals surface area contributed by atoms with Crippen LogP contribution in [0.5, 0.6) is 11.5 Å². The van der Waals surface area contributed by atoms with Crippen molar-refractivity contribution in [3.05, 3.63) is 45.8 Å². The van der Waals surface area contributed by atoms with Gasteiger partial charge >= 0.3 is 0 Å². The molecule has 20 heavy (non-hydrogen) atoms. The average molecular weight is 340 g/mol. The van der Waals surface area contributed by atoms with Crippen molar-refractivity contribution in [3.63, 3.8) is 0 Å². The zero-order chi connectivity index (χ0) is 14.7. The first-order chi connectivity index (χ1) is 9.62. The molecular weight excluding hydrogens is 322 g/mol. The van der Waals surface area contributed by atoms with Crippen molar-refractivity contribution in [1.82, 2.24) is 5.32 Å². The van der Waals surface area contributed by atoms with Gasteiger partial charge in [-0.3, -0.25) is 0 Å². The van der Waals surface area contributed by atoms with Crippen LogP contribution in [0.25, 0.3) is 0 Å². The molecule has 1 unspecified atom stereocenters. The maximum atomic E-state index is 5.49. The van der Waals surface area contributed by atoms with Gasteiger partial charge in [0.2, 0.25) is 0 Å². The molecule has 1 aromatic carbocycles. The monoisotopic (exact) mass is 339 g/mol. The molecule has 0 saturated heterocycles. The number of hydrogen-bond donors (Lipinski definition) is 1. The van der Waals surface area contributed by atoms with E-state index in [2.05, 4.69) is 21.2 Å². The Morgan fingerprint density at radius 1 is 1.15 bits per heavy atom. The molecule has 0 radical (unpaired) electrons. The van der Waals surface area contributed by atoms with Crippen LogP contribution in [0.3, 0.4) is 0 Å². The van der Waals surface area contributed by atoms with Crippen molar-refractivity contribution in [1.29, 1.82) is 0 Å². The van der Waals surface area contributed by atoms with Crippen LogP contribution in [0.4, 0.5) is 0 Å². The molecule has 4 nitrogen and oxygen atoms in total. The lowest BCUT2D eigenvalue weighted by Gasteiger charge is -2.20. The van der Waals surface area contributed by atoms with E-state index in [4.69, 9.17) is 13.9 Å². The fourth-order valence-electron chi connectivity index (χ4n) is 2.28. The van der Waals surface area contributed by atoms with E-state index in [1.54, 1.807) is 20.5 Å². The number of hydrogen-bond acceptors (Lipinski definition) is 4. The van der Waals surface area contributed by atoms with Crippen molar-refractivity contribution in [2.45, 2.75) is 13.0 Å². The average Bonchev–Trinajstić information content (AvgIpc) is 2.87. The molecule has 0 aliphatic rings. The summed E-state index contributed by atoms with van der Waals surface area (Å²) in [6, 6.07) is 5.82. The first-order valence-electron chi connectivity index (χ1n) is 6.25. The van der Waals surface area contributed by atoms with Gasteiger partial charge in [-0.05, 0) is 48.1 Å². The zero-order valence-corrected chi connectivity index (χ0v) is 13.6. The van der Waals surface area contributed by atoms with Gasteiger partial charge in [0.1, 0.15) is 17.3 Å². The summed E-state index contributed by atoms with van der Waals surface area (Å²) in [5.41, 5.74) is 2.08. The van der Waals surface area contributed by atoms with E-state index in [1.165, 1.54) is 0 Å². The smallest absolute Gasteiger partial charge is 0.133 e. The van der Waals surface area contributed by atoms with E-state index in [-0.39, 0.29) is 6.04 Å². The third-order valence-electron chi connectivity index (χ3n) is 3.31. The van der Waals surface area contributed by atoms with Crippen LogP contribution in [0.2, 0.25) is 0 Å². The van der Waals surface area contributed by atoms with Crippen molar-refractivity contribution in [2.24, 2.45) is 0 Å². The minimum absolute atomic E-state index is 0.0225. The molecule has 1 N–H and O–H groups in total. The molecule has 0 fully saturated rings. The van der Waals surface area contributed by atoms with Crippen molar-refractivity contribution in [3.8, 4) is 11.5 Å². The number of aryl methyl sites for hydroxylation is 1. The summed E-state index contributed by atoms with van der Waals surface area (Å²) in [6.07, 6.45) is 1.69. The number of ether oxygens (including phenoxy) is 2. The van der Waals surface area contributed by atoms with Crippen LogP contribution in [0.1, 0.15) is 22.9 Å². The fraction of sp³-hybridized carbons (Fsp3) is 0.333. The van der Waals surface area contributed by atoms with Gasteiger partial charge in [0.05, 0.1) is 31.0 Å². The number of nitrogens with one attached hydrogen (secondary N) is 1. The third kappa shape index (κ3) is 2.69. The van der Waals surface area contributed by atoms with E-state index in [0.717, 1.165) is 32.9 Å². The van der Waals surface area contributed by atoms with Gasteiger partial charge in [-0.15, -0.1) is 0 Å². The molecule has 5 heteroatoms. The second-order valence-corrected chi connectivity index (χ2v) is 5.24. The second-order valence-electron chi connectivity index (χ2n) is 4.38. The van der Waals surface area contributed by atoms with E-state index in [1.807, 2.05) is 32.2 Å². The Morgan fingerprint density at radius 2 is 1.85 bits per heavy atom. The van der Waals surface area contributed by atoms with Crippen LogP contribution in [-0.4, -0.2) is 21.3 Å². The van der Waals surface area contributed by atoms with Crippen LogP contribution in [0, 0.1) is 6.92 Å². The number of methoxy groups -OCH3 is 2. The van der Waals surface area contributed by atoms with E-state index >= 15 is 0 Å². The van der Waals surface area contributed by atoms with Crippen molar-refractivity contribution >= 4 is 15.9 Å². The SMILES string of the molecule is CNC(c1cc(OC)c(Br)cc1OC)c1ccoc1C. The van der Waals surface area contributed by atoms with Gasteiger partial charge in [0, 0.05) is 11.1 Å². The van der Waals surface area contributed by atoms with Gasteiger partial charge in [-0.25, -0.2) is 0 Å². The largest absolute Gasteiger partial charge is 0.496 e. The fourth-order valence-corrected chi connectivity index (χ4v) is 2.77. The summed E-state index contributed by atoms with van der Waals surface area (Å²) >= 11 is 3.47. The van der Waals surface area contributed by atoms with Gasteiger partial charge < -0.3 is 19.2 Å². The third-order valence-corrected chi connectivity index (χ3v) is 3.93. The standard InChI is InChI=1S/C15H18BrNO3/c1-9-10(5-6-20-9)15(17-2)11-7-14(19-4)12(16)8-13(11)18-3/h5-8,15,17H,1-4H3. The Balaban J connectivity index is 2.56. The van der Waals surface area contributed by atoms with E-state index in [0.29, 0.717) is 0 Å². The zero-order valence-electron chi connectivity index (χ0n) is 12.0. The molecule has 0 aliphatic heterocycles. The predicted molar refractivity (Wildman–Crippen MR) is 81.6 cm³/mol. The lowest BCUT2D eigenvalue weighted by atomic mass is 9.98. The van der Waals surface area contributed by atoms with Crippen LogP contribution >= 0.6 is 15.9 Å². The van der Waals surface area contributed by atoms with Crippen LogP contribution < -0.4 is 14.8 Å². The quantitative estimate of drug-likeness (QED) is 0.902. The van der Waals surface area contributed by atoms with Crippen LogP contribution in [0.15, 0.2) is 33.4 Å². The molecule has 108 valence electrons. The molecule has 2 rings (SSSR count). The predicted octanol–water partition coefficient (Wildman–Crippen LogP) is 3.68. The molecule has 0 saturated carbocycles. The summed E-state index contributed by atoms with van der Waals surface area (Å²) in [5.74, 6) is 2.44. The Kier molecular flexibility index (Phi) is 4.73. The highest BCUT2D eigenvalue weighted by Crippen LogP contribution is 2.38. The summed E-state index contributed by atoms with van der Waals surface area (Å²) in [6.45, 7) is 1.95. The topological polar surface area (TPSA) is 43.6 Å². The lowest BCUT2D eigenvalue weighted by Crippen LogP contribution is -2.19. The first kappa shape index (κ1) is 14.9. The maximum absolute atomic E-state index is 5.49. The van der Waals surface area contributed by atoms with Crippen molar-refractivity contribution < 1.29 is 13.9 Å². The maximum Gasteiger partial charge on any atom is 0.133 e. The molecule has 1 atom stereocenters. The minimum atomic E-state index is -0.0225. The molecule has 1 heterocycles. The van der Waals surface area contributed by atoms with Gasteiger partial charge in [0.15, 0.2) is 0 Å². The number of furan rings is 1. The minimum Gasteiger partial charge on any atom is -0.496 e. The Hall–Kier alpha value is -1.46. The molecule has 2 aromatic rings. The highest BCUT2D eigenvalue weighted by atomic mass is 79.9. The normalized spacial score (nSPS) is 12.2. The lowest BCUT2D eigenvalue weighted by molar-refractivity contribution is 0.392. The Labute approximate surface area is 127 Å². The summed E-state index contributed by atoms with van der Waals surface area (Å²) in [7, 11) is 5.21. The number of rotatable bonds is 5. The molecular formula is C15H18BrNO3. The van der Waals surface area contributed by atoms with Crippen LogP contribution in [-0.2, 0) is 0 Å². The molecule has 0 aliphatic carbocycles. The molecule has 0 amide bonds. The van der Waals surface area contributed by atoms with E-state index < -0.39 is 0 Å². The highest BCUT2D eigenvalue weighted by molar-refractivity contribution is 9.10. The van der Waals surface area contributed by atoms with Gasteiger partial charge in [-0.2, -0.15) is 0 Å². The molecule has 0 spiro atoms. The number of halogens is 1.